The Kier molecular flexibility index (Phi) is 3.17. The molecule has 0 aliphatic carbocycles. The molecule has 2 aromatic rings. The Morgan fingerprint density at radius 2 is 2.17 bits per heavy atom. The minimum atomic E-state index is -0.342. The fraction of sp³-hybridized carbons (Fsp3) is 0.462. The van der Waals surface area contributed by atoms with Gasteiger partial charge in [-0.15, -0.1) is 0 Å². The van der Waals surface area contributed by atoms with Crippen LogP contribution < -0.4 is 16.8 Å². The minimum Gasteiger partial charge on any atom is -0.408 e. The predicted octanol–water partition coefficient (Wildman–Crippen LogP) is 1.67. The number of nitrogens with zero attached hydrogens (tertiary/aromatic N) is 1. The zero-order valence-electron chi connectivity index (χ0n) is 11.0. The van der Waals surface area contributed by atoms with Crippen LogP contribution in [0.5, 0.6) is 0 Å². The van der Waals surface area contributed by atoms with E-state index < -0.39 is 0 Å². The number of nitrogens with two attached hydrogens (primary N) is 1. The number of nitrogens with one attached hydrogen (secondary N) is 1. The summed E-state index contributed by atoms with van der Waals surface area (Å²) in [7, 11) is 1.70. The van der Waals surface area contributed by atoms with Crippen LogP contribution in [0.1, 0.15) is 20.3 Å². The van der Waals surface area contributed by atoms with Crippen molar-refractivity contribution < 1.29 is 4.42 Å². The molecule has 5 heteroatoms. The molecule has 0 saturated carbocycles. The highest BCUT2D eigenvalue weighted by Gasteiger charge is 2.10. The van der Waals surface area contributed by atoms with Crippen molar-refractivity contribution in [2.45, 2.75) is 25.8 Å². The van der Waals surface area contributed by atoms with Gasteiger partial charge in [0, 0.05) is 24.8 Å². The predicted molar refractivity (Wildman–Crippen MR) is 72.8 cm³/mol. The van der Waals surface area contributed by atoms with Gasteiger partial charge in [0.2, 0.25) is 0 Å². The zero-order valence-corrected chi connectivity index (χ0v) is 11.0. The quantitative estimate of drug-likeness (QED) is 0.864. The minimum absolute atomic E-state index is 0.181. The van der Waals surface area contributed by atoms with Gasteiger partial charge < -0.3 is 15.5 Å². The highest BCUT2D eigenvalue weighted by Crippen LogP contribution is 2.18. The Morgan fingerprint density at radius 3 is 2.83 bits per heavy atom. The number of hydrogen-bond donors (Lipinski definition) is 2. The number of anilines is 1. The lowest BCUT2D eigenvalue weighted by molar-refractivity contribution is 0.491. The van der Waals surface area contributed by atoms with Crippen LogP contribution in [0, 0.1) is 0 Å². The van der Waals surface area contributed by atoms with E-state index in [-0.39, 0.29) is 11.3 Å². The molecular weight excluding hydrogens is 230 g/mol. The van der Waals surface area contributed by atoms with Gasteiger partial charge in [0.25, 0.3) is 0 Å². The van der Waals surface area contributed by atoms with Gasteiger partial charge in [0.1, 0.15) is 0 Å². The van der Waals surface area contributed by atoms with Crippen molar-refractivity contribution in [2.24, 2.45) is 12.8 Å². The van der Waals surface area contributed by atoms with Gasteiger partial charge in [-0.3, -0.25) is 4.57 Å². The molecule has 2 rings (SSSR count). The molecule has 0 unspecified atom stereocenters. The lowest BCUT2D eigenvalue weighted by atomic mass is 10.0. The summed E-state index contributed by atoms with van der Waals surface area (Å²) >= 11 is 0. The number of oxazole rings is 1. The van der Waals surface area contributed by atoms with Crippen LogP contribution in [0.25, 0.3) is 11.1 Å². The largest absolute Gasteiger partial charge is 0.419 e. The van der Waals surface area contributed by atoms with Gasteiger partial charge in [-0.2, -0.15) is 0 Å². The standard InChI is InChI=1S/C13H19N3O2/c1-13(2,14)6-7-15-9-4-5-11-10(8-9)16(3)12(17)18-11/h4-5,8,15H,6-7,14H2,1-3H3. The van der Waals surface area contributed by atoms with Crippen molar-refractivity contribution in [3.63, 3.8) is 0 Å². The highest BCUT2D eigenvalue weighted by molar-refractivity contribution is 5.77. The molecule has 0 aliphatic heterocycles. The summed E-state index contributed by atoms with van der Waals surface area (Å²) in [5.41, 5.74) is 8.09. The summed E-state index contributed by atoms with van der Waals surface area (Å²) < 4.78 is 6.57. The van der Waals surface area contributed by atoms with E-state index >= 15 is 0 Å². The van der Waals surface area contributed by atoms with Gasteiger partial charge in [-0.1, -0.05) is 0 Å². The van der Waals surface area contributed by atoms with E-state index in [1.54, 1.807) is 13.1 Å². The first-order valence-corrected chi connectivity index (χ1v) is 5.99. The van der Waals surface area contributed by atoms with Crippen molar-refractivity contribution in [3.8, 4) is 0 Å². The summed E-state index contributed by atoms with van der Waals surface area (Å²) in [4.78, 5) is 11.4. The zero-order chi connectivity index (χ0) is 13.3. The van der Waals surface area contributed by atoms with Crippen molar-refractivity contribution in [3.05, 3.63) is 28.7 Å². The van der Waals surface area contributed by atoms with E-state index in [9.17, 15) is 4.79 Å². The Hall–Kier alpha value is -1.75. The Balaban J connectivity index is 2.15. The van der Waals surface area contributed by atoms with Gasteiger partial charge in [-0.05, 0) is 38.5 Å². The smallest absolute Gasteiger partial charge is 0.408 e. The number of aryl methyl sites for hydroxylation is 1. The molecule has 0 radical (unpaired) electrons. The van der Waals surface area contributed by atoms with Crippen LogP contribution in [-0.4, -0.2) is 16.7 Å². The topological polar surface area (TPSA) is 73.2 Å². The Labute approximate surface area is 106 Å². The van der Waals surface area contributed by atoms with E-state index in [2.05, 4.69) is 5.32 Å². The molecule has 98 valence electrons. The summed E-state index contributed by atoms with van der Waals surface area (Å²) in [6, 6.07) is 5.60. The first kappa shape index (κ1) is 12.7. The van der Waals surface area contributed by atoms with Crippen LogP contribution >= 0.6 is 0 Å². The summed E-state index contributed by atoms with van der Waals surface area (Å²) in [5, 5.41) is 3.29. The van der Waals surface area contributed by atoms with E-state index in [1.165, 1.54) is 4.57 Å². The fourth-order valence-electron chi connectivity index (χ4n) is 1.77. The third kappa shape index (κ3) is 2.73. The average Bonchev–Trinajstić information content (AvgIpc) is 2.54. The molecule has 1 aromatic carbocycles. The molecule has 0 atom stereocenters. The van der Waals surface area contributed by atoms with E-state index in [4.69, 9.17) is 10.2 Å². The van der Waals surface area contributed by atoms with Crippen LogP contribution in [-0.2, 0) is 7.05 Å². The van der Waals surface area contributed by atoms with Gasteiger partial charge in [0.15, 0.2) is 5.58 Å². The van der Waals surface area contributed by atoms with Crippen molar-refractivity contribution in [2.75, 3.05) is 11.9 Å². The maximum absolute atomic E-state index is 11.4. The molecule has 0 saturated heterocycles. The molecule has 1 heterocycles. The number of rotatable bonds is 4. The number of hydrogen-bond acceptors (Lipinski definition) is 4. The number of aromatic nitrogens is 1. The molecule has 0 aliphatic rings. The lowest BCUT2D eigenvalue weighted by Crippen LogP contribution is -2.34. The molecule has 0 spiro atoms. The molecular formula is C13H19N3O2. The number of benzene rings is 1. The van der Waals surface area contributed by atoms with Gasteiger partial charge in [-0.25, -0.2) is 4.79 Å². The molecule has 0 bridgehead atoms. The summed E-state index contributed by atoms with van der Waals surface area (Å²) in [6.45, 7) is 4.79. The van der Waals surface area contributed by atoms with Crippen molar-refractivity contribution in [1.29, 1.82) is 0 Å². The third-order valence-corrected chi connectivity index (χ3v) is 2.89. The highest BCUT2D eigenvalue weighted by atomic mass is 16.4. The maximum Gasteiger partial charge on any atom is 0.419 e. The Morgan fingerprint density at radius 1 is 1.44 bits per heavy atom. The molecule has 1 aromatic heterocycles. The molecule has 5 nitrogen and oxygen atoms in total. The van der Waals surface area contributed by atoms with E-state index in [0.717, 1.165) is 24.2 Å². The van der Waals surface area contributed by atoms with E-state index in [1.807, 2.05) is 26.0 Å². The SMILES string of the molecule is Cn1c(=O)oc2ccc(NCCC(C)(C)N)cc21. The second-order valence-electron chi connectivity index (χ2n) is 5.27. The van der Waals surface area contributed by atoms with Crippen LogP contribution in [0.2, 0.25) is 0 Å². The third-order valence-electron chi connectivity index (χ3n) is 2.89. The monoisotopic (exact) mass is 249 g/mol. The van der Waals surface area contributed by atoms with Crippen molar-refractivity contribution >= 4 is 16.8 Å². The van der Waals surface area contributed by atoms with Crippen molar-refractivity contribution in [1.82, 2.24) is 4.57 Å². The summed E-state index contributed by atoms with van der Waals surface area (Å²) in [5.74, 6) is -0.342. The van der Waals surface area contributed by atoms with E-state index in [0.29, 0.717) is 5.58 Å². The van der Waals surface area contributed by atoms with Gasteiger partial charge >= 0.3 is 5.76 Å². The number of fused-ring (bicyclic) bond motifs is 1. The second kappa shape index (κ2) is 4.49. The lowest BCUT2D eigenvalue weighted by Gasteiger charge is -2.18. The van der Waals surface area contributed by atoms with Crippen LogP contribution in [0.4, 0.5) is 5.69 Å². The maximum atomic E-state index is 11.4. The Bertz CT molecular complexity index is 605. The van der Waals surface area contributed by atoms with Gasteiger partial charge in [0.05, 0.1) is 5.52 Å². The molecule has 18 heavy (non-hydrogen) atoms. The average molecular weight is 249 g/mol. The fourth-order valence-corrected chi connectivity index (χ4v) is 1.77. The first-order chi connectivity index (χ1) is 8.37. The summed E-state index contributed by atoms with van der Waals surface area (Å²) in [6.07, 6.45) is 0.870. The first-order valence-electron chi connectivity index (χ1n) is 5.99. The van der Waals surface area contributed by atoms with Crippen LogP contribution in [0.3, 0.4) is 0 Å². The molecule has 0 amide bonds. The molecule has 3 N–H and O–H groups in total. The van der Waals surface area contributed by atoms with Crippen LogP contribution in [0.15, 0.2) is 27.4 Å². The second-order valence-corrected chi connectivity index (χ2v) is 5.27. The molecule has 0 fully saturated rings. The normalized spacial score (nSPS) is 12.0.